The Bertz CT molecular complexity index is 296. The van der Waals surface area contributed by atoms with E-state index in [0.717, 1.165) is 12.8 Å². The second-order valence-corrected chi connectivity index (χ2v) is 5.15. The smallest absolute Gasteiger partial charge is 0.291 e. The van der Waals surface area contributed by atoms with Gasteiger partial charge in [-0.2, -0.15) is 0 Å². The minimum atomic E-state index is -1.50. The molecule has 2 rings (SSSR count). The number of ketones is 1. The van der Waals surface area contributed by atoms with E-state index in [9.17, 15) is 4.79 Å². The van der Waals surface area contributed by atoms with Crippen molar-refractivity contribution in [2.45, 2.75) is 40.0 Å². The summed E-state index contributed by atoms with van der Waals surface area (Å²) in [6.45, 7) is 6.67. The van der Waals surface area contributed by atoms with E-state index >= 15 is 0 Å². The molecule has 0 aromatic rings. The lowest BCUT2D eigenvalue weighted by molar-refractivity contribution is -0.742. The highest BCUT2D eigenvalue weighted by Crippen LogP contribution is 2.63. The molecule has 0 aromatic heterocycles. The zero-order valence-corrected chi connectivity index (χ0v) is 9.32. The monoisotopic (exact) mass is 215 g/mol. The van der Waals surface area contributed by atoms with Crippen LogP contribution in [-0.4, -0.2) is 16.1 Å². The third-order valence-electron chi connectivity index (χ3n) is 4.48. The average molecular weight is 215 g/mol. The number of rotatable bonds is 0. The van der Waals surface area contributed by atoms with E-state index in [1.807, 2.05) is 0 Å². The fourth-order valence-electron chi connectivity index (χ4n) is 2.90. The van der Waals surface area contributed by atoms with Gasteiger partial charge in [0.2, 0.25) is 0 Å². The molecule has 5 nitrogen and oxygen atoms in total. The van der Waals surface area contributed by atoms with Crippen LogP contribution in [0.15, 0.2) is 0 Å². The molecule has 0 heterocycles. The summed E-state index contributed by atoms with van der Waals surface area (Å²) < 4.78 is 0. The molecular formula is C10H17NO4. The molecule has 0 spiro atoms. The summed E-state index contributed by atoms with van der Waals surface area (Å²) >= 11 is 0. The minimum absolute atomic E-state index is 0.0255. The number of carbonyl (C=O) groups is 1. The normalized spacial score (nSPS) is 35.9. The SMILES string of the molecule is CC12CCC(CC1=O)C2(C)C.O=[N+]([O-])O. The van der Waals surface area contributed by atoms with Gasteiger partial charge >= 0.3 is 0 Å². The van der Waals surface area contributed by atoms with Crippen molar-refractivity contribution in [1.29, 1.82) is 0 Å². The van der Waals surface area contributed by atoms with Crippen LogP contribution in [0.3, 0.4) is 0 Å². The minimum Gasteiger partial charge on any atom is -0.328 e. The average Bonchev–Trinajstić information content (AvgIpc) is 2.36. The number of hydrogen-bond acceptors (Lipinski definition) is 3. The molecule has 2 saturated carbocycles. The predicted octanol–water partition coefficient (Wildman–Crippen LogP) is 2.05. The van der Waals surface area contributed by atoms with Crippen molar-refractivity contribution >= 4 is 5.78 Å². The van der Waals surface area contributed by atoms with Crippen molar-refractivity contribution < 1.29 is 15.1 Å². The fourth-order valence-corrected chi connectivity index (χ4v) is 2.90. The lowest BCUT2D eigenvalue weighted by Gasteiger charge is -2.32. The number of fused-ring (bicyclic) bond motifs is 2. The van der Waals surface area contributed by atoms with Crippen molar-refractivity contribution in [1.82, 2.24) is 0 Å². The van der Waals surface area contributed by atoms with Crippen molar-refractivity contribution in [3.63, 3.8) is 0 Å². The van der Waals surface area contributed by atoms with Gasteiger partial charge in [-0.15, -0.1) is 10.1 Å². The standard InChI is InChI=1S/C10H16O.HNO3/c1-9(2)7-4-5-10(9,3)8(11)6-7;2-1(3)4/h7H,4-6H2,1-3H3;(H,2,3,4). The summed E-state index contributed by atoms with van der Waals surface area (Å²) in [5.74, 6) is 1.19. The Labute approximate surface area is 88.6 Å². The van der Waals surface area contributed by atoms with E-state index in [1.54, 1.807) is 0 Å². The molecule has 86 valence electrons. The lowest BCUT2D eigenvalue weighted by atomic mass is 9.70. The molecule has 0 saturated heterocycles. The highest BCUT2D eigenvalue weighted by Gasteiger charge is 2.61. The van der Waals surface area contributed by atoms with Gasteiger partial charge in [0.05, 0.1) is 0 Å². The second kappa shape index (κ2) is 3.47. The topological polar surface area (TPSA) is 80.4 Å². The first-order chi connectivity index (χ1) is 6.72. The Kier molecular flexibility index (Phi) is 2.76. The van der Waals surface area contributed by atoms with E-state index in [2.05, 4.69) is 20.8 Å². The van der Waals surface area contributed by atoms with Crippen LogP contribution >= 0.6 is 0 Å². The maximum atomic E-state index is 11.6. The first-order valence-electron chi connectivity index (χ1n) is 5.08. The Balaban J connectivity index is 0.000000245. The molecule has 2 aliphatic rings. The molecule has 2 unspecified atom stereocenters. The number of carbonyl (C=O) groups excluding carboxylic acids is 1. The molecule has 5 heteroatoms. The van der Waals surface area contributed by atoms with Gasteiger partial charge in [-0.25, -0.2) is 0 Å². The summed E-state index contributed by atoms with van der Waals surface area (Å²) in [6, 6.07) is 0. The van der Waals surface area contributed by atoms with Crippen LogP contribution in [0.4, 0.5) is 0 Å². The Morgan fingerprint density at radius 2 is 1.93 bits per heavy atom. The summed E-state index contributed by atoms with van der Waals surface area (Å²) in [6.07, 6.45) is 3.25. The number of Topliss-reactive ketones (excluding diaryl/α,β-unsaturated/α-hetero) is 1. The van der Waals surface area contributed by atoms with Gasteiger partial charge in [0.1, 0.15) is 5.78 Å². The van der Waals surface area contributed by atoms with Crippen LogP contribution in [0.2, 0.25) is 0 Å². The van der Waals surface area contributed by atoms with Gasteiger partial charge in [0.15, 0.2) is 0 Å². The highest BCUT2D eigenvalue weighted by atomic mass is 16.9. The predicted molar refractivity (Wildman–Crippen MR) is 53.0 cm³/mol. The van der Waals surface area contributed by atoms with Crippen molar-refractivity contribution in [3.8, 4) is 0 Å². The van der Waals surface area contributed by atoms with Crippen LogP contribution in [0.25, 0.3) is 0 Å². The molecule has 2 atom stereocenters. The Morgan fingerprint density at radius 3 is 2.07 bits per heavy atom. The quantitative estimate of drug-likeness (QED) is 0.495. The molecule has 0 aromatic carbocycles. The summed E-state index contributed by atoms with van der Waals surface area (Å²) in [4.78, 5) is 19.9. The first-order valence-corrected chi connectivity index (χ1v) is 5.08. The molecule has 0 amide bonds. The zero-order chi connectivity index (χ0) is 11.9. The maximum Gasteiger partial charge on any atom is 0.291 e. The highest BCUT2D eigenvalue weighted by molar-refractivity contribution is 5.89. The van der Waals surface area contributed by atoms with Crippen molar-refractivity contribution in [3.05, 3.63) is 10.1 Å². The van der Waals surface area contributed by atoms with Crippen LogP contribution < -0.4 is 0 Å². The molecular weight excluding hydrogens is 198 g/mol. The summed E-state index contributed by atoms with van der Waals surface area (Å²) in [5.41, 5.74) is 0.307. The van der Waals surface area contributed by atoms with E-state index in [0.29, 0.717) is 11.7 Å². The van der Waals surface area contributed by atoms with Crippen molar-refractivity contribution in [2.75, 3.05) is 0 Å². The number of nitrogens with zero attached hydrogens (tertiary/aromatic N) is 1. The molecule has 1 N–H and O–H groups in total. The second-order valence-electron chi connectivity index (χ2n) is 5.15. The zero-order valence-electron chi connectivity index (χ0n) is 9.32. The van der Waals surface area contributed by atoms with Crippen molar-refractivity contribution in [2.24, 2.45) is 16.7 Å². The molecule has 15 heavy (non-hydrogen) atoms. The van der Waals surface area contributed by atoms with Crippen LogP contribution in [0.1, 0.15) is 40.0 Å². The van der Waals surface area contributed by atoms with Crippen LogP contribution in [0, 0.1) is 26.9 Å². The van der Waals surface area contributed by atoms with E-state index < -0.39 is 5.09 Å². The van der Waals surface area contributed by atoms with Crippen LogP contribution in [0.5, 0.6) is 0 Å². The third-order valence-corrected chi connectivity index (χ3v) is 4.48. The fraction of sp³-hybridized carbons (Fsp3) is 0.900. The first kappa shape index (κ1) is 11.9. The Hall–Kier alpha value is -1.13. The van der Waals surface area contributed by atoms with Gasteiger partial charge < -0.3 is 5.21 Å². The Morgan fingerprint density at radius 1 is 1.47 bits per heavy atom. The molecule has 2 fully saturated rings. The lowest BCUT2D eigenvalue weighted by Crippen LogP contribution is -2.32. The van der Waals surface area contributed by atoms with E-state index in [-0.39, 0.29) is 10.8 Å². The van der Waals surface area contributed by atoms with Gasteiger partial charge in [-0.05, 0) is 24.2 Å². The summed E-state index contributed by atoms with van der Waals surface area (Å²) in [5, 5.41) is 13.6. The molecule has 2 bridgehead atoms. The largest absolute Gasteiger partial charge is 0.328 e. The molecule has 2 aliphatic carbocycles. The number of hydrogen-bond donors (Lipinski definition) is 1. The third kappa shape index (κ3) is 1.70. The van der Waals surface area contributed by atoms with Gasteiger partial charge in [0.25, 0.3) is 5.09 Å². The van der Waals surface area contributed by atoms with E-state index in [4.69, 9.17) is 15.3 Å². The van der Waals surface area contributed by atoms with Gasteiger partial charge in [-0.1, -0.05) is 20.8 Å². The van der Waals surface area contributed by atoms with Gasteiger partial charge in [0, 0.05) is 11.8 Å². The van der Waals surface area contributed by atoms with Gasteiger partial charge in [-0.3, -0.25) is 4.79 Å². The molecule has 0 radical (unpaired) electrons. The summed E-state index contributed by atoms with van der Waals surface area (Å²) in [7, 11) is 0. The van der Waals surface area contributed by atoms with E-state index in [1.165, 1.54) is 6.42 Å². The van der Waals surface area contributed by atoms with Crippen LogP contribution in [-0.2, 0) is 4.79 Å². The molecule has 0 aliphatic heterocycles. The maximum absolute atomic E-state index is 11.6.